The molecule has 3 heteroatoms. The number of carbonyl (C=O) groups is 1. The number of hydrogen-bond acceptors (Lipinski definition) is 1. The second-order valence-electron chi connectivity index (χ2n) is 3.95. The Bertz CT molecular complexity index is 448. The summed E-state index contributed by atoms with van der Waals surface area (Å²) in [4.78, 5) is 12.1. The van der Waals surface area contributed by atoms with Gasteiger partial charge in [-0.05, 0) is 31.0 Å². The van der Waals surface area contributed by atoms with Gasteiger partial charge in [0.25, 0.3) is 5.91 Å². The van der Waals surface area contributed by atoms with E-state index in [9.17, 15) is 4.79 Å². The van der Waals surface area contributed by atoms with Crippen molar-refractivity contribution in [3.05, 3.63) is 33.8 Å². The molecule has 0 spiro atoms. The summed E-state index contributed by atoms with van der Waals surface area (Å²) in [5.74, 6) is 2.51. The van der Waals surface area contributed by atoms with Gasteiger partial charge in [-0.15, -0.1) is 12.3 Å². The fourth-order valence-electron chi connectivity index (χ4n) is 1.54. The van der Waals surface area contributed by atoms with Crippen molar-refractivity contribution in [2.24, 2.45) is 0 Å². The molecule has 2 nitrogen and oxygen atoms in total. The molecule has 1 unspecified atom stereocenters. The van der Waals surface area contributed by atoms with E-state index in [1.54, 1.807) is 0 Å². The maximum absolute atomic E-state index is 12.1. The predicted octanol–water partition coefficient (Wildman–Crippen LogP) is 3.29. The average molecular weight is 294 g/mol. The molecule has 0 aliphatic rings. The van der Waals surface area contributed by atoms with Gasteiger partial charge in [-0.2, -0.15) is 0 Å². The normalized spacial score (nSPS) is 11.6. The fraction of sp³-hybridized carbons (Fsp3) is 0.357. The lowest BCUT2D eigenvalue weighted by Crippen LogP contribution is -2.34. The zero-order valence-corrected chi connectivity index (χ0v) is 11.7. The van der Waals surface area contributed by atoms with E-state index in [-0.39, 0.29) is 11.9 Å². The van der Waals surface area contributed by atoms with E-state index in [1.807, 2.05) is 32.0 Å². The second-order valence-corrected chi connectivity index (χ2v) is 4.86. The van der Waals surface area contributed by atoms with Crippen LogP contribution in [0.3, 0.4) is 0 Å². The van der Waals surface area contributed by atoms with Crippen molar-refractivity contribution < 1.29 is 4.79 Å². The fourth-order valence-corrected chi connectivity index (χ4v) is 1.90. The minimum absolute atomic E-state index is 0.0471. The van der Waals surface area contributed by atoms with E-state index >= 15 is 0 Å². The Labute approximate surface area is 111 Å². The molecule has 0 saturated carbocycles. The summed E-state index contributed by atoms with van der Waals surface area (Å²) in [6.07, 6.45) is 6.67. The first kappa shape index (κ1) is 13.8. The molecule has 1 aromatic carbocycles. The number of rotatable bonds is 4. The van der Waals surface area contributed by atoms with E-state index < -0.39 is 0 Å². The zero-order valence-electron chi connectivity index (χ0n) is 10.1. The summed E-state index contributed by atoms with van der Waals surface area (Å²) in [6.45, 7) is 3.93. The largest absolute Gasteiger partial charge is 0.348 e. The third-order valence-corrected chi connectivity index (χ3v) is 3.13. The molecular formula is C14H16BrNO. The standard InChI is InChI=1S/C14H16BrNO/c1-4-6-12(5-2)16-14(17)13-9-11(15)8-7-10(13)3/h1,7-9,12H,5-6H2,2-3H3,(H,16,17). The number of amides is 1. The van der Waals surface area contributed by atoms with Crippen molar-refractivity contribution >= 4 is 21.8 Å². The Hall–Kier alpha value is -1.27. The van der Waals surface area contributed by atoms with Gasteiger partial charge in [-0.3, -0.25) is 4.79 Å². The van der Waals surface area contributed by atoms with Gasteiger partial charge in [0.15, 0.2) is 0 Å². The van der Waals surface area contributed by atoms with Gasteiger partial charge < -0.3 is 5.32 Å². The molecule has 17 heavy (non-hydrogen) atoms. The van der Waals surface area contributed by atoms with E-state index in [0.29, 0.717) is 12.0 Å². The molecule has 0 aromatic heterocycles. The molecule has 0 radical (unpaired) electrons. The van der Waals surface area contributed by atoms with Crippen molar-refractivity contribution in [1.29, 1.82) is 0 Å². The number of benzene rings is 1. The van der Waals surface area contributed by atoms with Crippen LogP contribution in [0, 0.1) is 19.3 Å². The average Bonchev–Trinajstić information content (AvgIpc) is 2.31. The number of nitrogens with one attached hydrogen (secondary N) is 1. The van der Waals surface area contributed by atoms with Gasteiger partial charge >= 0.3 is 0 Å². The summed E-state index contributed by atoms with van der Waals surface area (Å²) in [7, 11) is 0. The van der Waals surface area contributed by atoms with Crippen LogP contribution in [0.1, 0.15) is 35.7 Å². The maximum Gasteiger partial charge on any atom is 0.251 e. The molecule has 0 fully saturated rings. The molecule has 0 heterocycles. The summed E-state index contributed by atoms with van der Waals surface area (Å²) in [6, 6.07) is 5.71. The van der Waals surface area contributed by atoms with Crippen molar-refractivity contribution in [2.45, 2.75) is 32.7 Å². The molecule has 1 aromatic rings. The molecule has 1 rings (SSSR count). The Morgan fingerprint density at radius 1 is 1.59 bits per heavy atom. The third kappa shape index (κ3) is 3.90. The first-order valence-electron chi connectivity index (χ1n) is 5.59. The molecule has 1 amide bonds. The second kappa shape index (κ2) is 6.46. The number of halogens is 1. The van der Waals surface area contributed by atoms with E-state index in [2.05, 4.69) is 27.2 Å². The highest BCUT2D eigenvalue weighted by molar-refractivity contribution is 9.10. The van der Waals surface area contributed by atoms with E-state index in [1.165, 1.54) is 0 Å². The van der Waals surface area contributed by atoms with Crippen LogP contribution >= 0.6 is 15.9 Å². The number of aryl methyl sites for hydroxylation is 1. The smallest absolute Gasteiger partial charge is 0.251 e. The van der Waals surface area contributed by atoms with E-state index in [0.717, 1.165) is 16.5 Å². The first-order valence-corrected chi connectivity index (χ1v) is 6.38. The highest BCUT2D eigenvalue weighted by atomic mass is 79.9. The van der Waals surface area contributed by atoms with E-state index in [4.69, 9.17) is 6.42 Å². The molecule has 1 atom stereocenters. The van der Waals surface area contributed by atoms with Crippen LogP contribution in [-0.4, -0.2) is 11.9 Å². The third-order valence-electron chi connectivity index (χ3n) is 2.64. The summed E-state index contributed by atoms with van der Waals surface area (Å²) in [5.41, 5.74) is 1.65. The highest BCUT2D eigenvalue weighted by Crippen LogP contribution is 2.16. The molecule has 0 aliphatic carbocycles. The lowest BCUT2D eigenvalue weighted by molar-refractivity contribution is 0.0936. The maximum atomic E-state index is 12.1. The van der Waals surface area contributed by atoms with Gasteiger partial charge in [0.05, 0.1) is 0 Å². The Morgan fingerprint density at radius 2 is 2.29 bits per heavy atom. The Kier molecular flexibility index (Phi) is 5.24. The van der Waals surface area contributed by atoms with Crippen molar-refractivity contribution in [2.75, 3.05) is 0 Å². The number of carbonyl (C=O) groups excluding carboxylic acids is 1. The molecule has 0 bridgehead atoms. The van der Waals surface area contributed by atoms with Crippen LogP contribution < -0.4 is 5.32 Å². The lowest BCUT2D eigenvalue weighted by atomic mass is 10.1. The van der Waals surface area contributed by atoms with Crippen LogP contribution in [-0.2, 0) is 0 Å². The van der Waals surface area contributed by atoms with Crippen LogP contribution in [0.2, 0.25) is 0 Å². The Morgan fingerprint density at radius 3 is 2.88 bits per heavy atom. The van der Waals surface area contributed by atoms with Gasteiger partial charge in [-0.25, -0.2) is 0 Å². The summed E-state index contributed by atoms with van der Waals surface area (Å²) < 4.78 is 0.901. The number of hydrogen-bond donors (Lipinski definition) is 1. The minimum atomic E-state index is -0.0640. The van der Waals surface area contributed by atoms with Gasteiger partial charge in [0.1, 0.15) is 0 Å². The minimum Gasteiger partial charge on any atom is -0.348 e. The van der Waals surface area contributed by atoms with Crippen molar-refractivity contribution in [3.8, 4) is 12.3 Å². The lowest BCUT2D eigenvalue weighted by Gasteiger charge is -2.15. The van der Waals surface area contributed by atoms with Gasteiger partial charge in [-0.1, -0.05) is 28.9 Å². The quantitative estimate of drug-likeness (QED) is 0.848. The number of terminal acetylenes is 1. The predicted molar refractivity (Wildman–Crippen MR) is 73.9 cm³/mol. The molecule has 90 valence electrons. The van der Waals surface area contributed by atoms with Gasteiger partial charge in [0, 0.05) is 22.5 Å². The molecule has 0 aliphatic heterocycles. The van der Waals surface area contributed by atoms with Crippen LogP contribution in [0.15, 0.2) is 22.7 Å². The van der Waals surface area contributed by atoms with Crippen molar-refractivity contribution in [1.82, 2.24) is 5.32 Å². The Balaban J connectivity index is 2.82. The topological polar surface area (TPSA) is 29.1 Å². The zero-order chi connectivity index (χ0) is 12.8. The monoisotopic (exact) mass is 293 g/mol. The summed E-state index contributed by atoms with van der Waals surface area (Å²) >= 11 is 3.37. The molecule has 0 saturated heterocycles. The SMILES string of the molecule is C#CCC(CC)NC(=O)c1cc(Br)ccc1C. The molecular weight excluding hydrogens is 278 g/mol. The first-order chi connectivity index (χ1) is 8.08. The van der Waals surface area contributed by atoms with Crippen LogP contribution in [0.4, 0.5) is 0 Å². The van der Waals surface area contributed by atoms with Crippen LogP contribution in [0.5, 0.6) is 0 Å². The van der Waals surface area contributed by atoms with Crippen molar-refractivity contribution in [3.63, 3.8) is 0 Å². The summed E-state index contributed by atoms with van der Waals surface area (Å²) in [5, 5.41) is 2.95. The van der Waals surface area contributed by atoms with Gasteiger partial charge in [0.2, 0.25) is 0 Å². The van der Waals surface area contributed by atoms with Crippen LogP contribution in [0.25, 0.3) is 0 Å². The molecule has 1 N–H and O–H groups in total. The highest BCUT2D eigenvalue weighted by Gasteiger charge is 2.13.